The highest BCUT2D eigenvalue weighted by Crippen LogP contribution is 2.28. The van der Waals surface area contributed by atoms with Crippen LogP contribution in [0.5, 0.6) is 0 Å². The quantitative estimate of drug-likeness (QED) is 0.474. The number of aromatic nitrogens is 3. The molecule has 1 aromatic carbocycles. The zero-order valence-corrected chi connectivity index (χ0v) is 12.4. The average molecular weight is 329 g/mol. The van der Waals surface area contributed by atoms with Gasteiger partial charge in [0.1, 0.15) is 0 Å². The van der Waals surface area contributed by atoms with Crippen molar-refractivity contribution in [2.75, 3.05) is 5.73 Å². The molecule has 112 valence electrons. The van der Waals surface area contributed by atoms with E-state index in [0.717, 1.165) is 11.8 Å². The number of hydrogen-bond donors (Lipinski definition) is 3. The Morgan fingerprint density at radius 3 is 2.57 bits per heavy atom. The second-order valence-corrected chi connectivity index (χ2v) is 6.69. The fourth-order valence-electron chi connectivity index (χ4n) is 1.47. The summed E-state index contributed by atoms with van der Waals surface area (Å²) in [5.41, 5.74) is 4.03. The van der Waals surface area contributed by atoms with Gasteiger partial charge in [-0.3, -0.25) is 19.4 Å². The topological polar surface area (TPSA) is 154 Å². The highest BCUT2D eigenvalue weighted by molar-refractivity contribution is 7.99. The number of aryl methyl sites for hydroxylation is 1. The number of H-pyrrole nitrogens is 1. The molecule has 5 N–H and O–H groups in total. The number of benzene rings is 1. The minimum absolute atomic E-state index is 0.153. The van der Waals surface area contributed by atoms with E-state index < -0.39 is 21.1 Å². The van der Waals surface area contributed by atoms with E-state index in [0.29, 0.717) is 4.90 Å². The maximum absolute atomic E-state index is 11.4. The fraction of sp³-hybridized carbons (Fsp3) is 0.100. The van der Waals surface area contributed by atoms with E-state index in [9.17, 15) is 18.0 Å². The van der Waals surface area contributed by atoms with Crippen LogP contribution in [0.4, 0.5) is 5.69 Å². The zero-order valence-electron chi connectivity index (χ0n) is 10.7. The van der Waals surface area contributed by atoms with Crippen molar-refractivity contribution >= 4 is 27.5 Å². The Kier molecular flexibility index (Phi) is 3.89. The average Bonchev–Trinajstić information content (AvgIpc) is 2.34. The van der Waals surface area contributed by atoms with Gasteiger partial charge in [0, 0.05) is 17.6 Å². The third-order valence-electron chi connectivity index (χ3n) is 2.39. The maximum atomic E-state index is 11.4. The van der Waals surface area contributed by atoms with Gasteiger partial charge in [-0.2, -0.15) is 4.98 Å². The van der Waals surface area contributed by atoms with Gasteiger partial charge >= 0.3 is 11.1 Å². The third-order valence-corrected chi connectivity index (χ3v) is 4.30. The van der Waals surface area contributed by atoms with Crippen molar-refractivity contribution in [2.24, 2.45) is 12.2 Å². The predicted octanol–water partition coefficient (Wildman–Crippen LogP) is -1.15. The highest BCUT2D eigenvalue weighted by atomic mass is 32.2. The molecule has 0 saturated carbocycles. The van der Waals surface area contributed by atoms with E-state index in [1.807, 2.05) is 0 Å². The Morgan fingerprint density at radius 2 is 1.95 bits per heavy atom. The van der Waals surface area contributed by atoms with E-state index in [4.69, 9.17) is 10.9 Å². The second-order valence-electron chi connectivity index (χ2n) is 4.08. The summed E-state index contributed by atoms with van der Waals surface area (Å²) >= 11 is 0.963. The summed E-state index contributed by atoms with van der Waals surface area (Å²) in [7, 11) is -2.42. The van der Waals surface area contributed by atoms with Crippen molar-refractivity contribution in [3.63, 3.8) is 0 Å². The maximum Gasteiger partial charge on any atom is 0.339 e. The normalized spacial score (nSPS) is 11.5. The largest absolute Gasteiger partial charge is 0.399 e. The first-order valence-corrected chi connectivity index (χ1v) is 7.81. The molecule has 0 unspecified atom stereocenters. The van der Waals surface area contributed by atoms with Gasteiger partial charge in [0.2, 0.25) is 10.0 Å². The van der Waals surface area contributed by atoms with Crippen molar-refractivity contribution in [1.29, 1.82) is 0 Å². The molecule has 0 radical (unpaired) electrons. The third kappa shape index (κ3) is 3.51. The Bertz CT molecular complexity index is 916. The minimum atomic E-state index is -3.91. The summed E-state index contributed by atoms with van der Waals surface area (Å²) < 4.78 is 23.9. The Balaban J connectivity index is 2.50. The molecule has 1 heterocycles. The minimum Gasteiger partial charge on any atom is -0.399 e. The molecule has 0 aliphatic heterocycles. The van der Waals surface area contributed by atoms with Crippen LogP contribution < -0.4 is 22.0 Å². The smallest absolute Gasteiger partial charge is 0.339 e. The molecular formula is C10H11N5O4S2. The lowest BCUT2D eigenvalue weighted by molar-refractivity contribution is 0.596. The summed E-state index contributed by atoms with van der Waals surface area (Å²) in [4.78, 5) is 26.2. The molecule has 21 heavy (non-hydrogen) atoms. The molecule has 0 spiro atoms. The first kappa shape index (κ1) is 15.3. The molecule has 0 saturated heterocycles. The van der Waals surface area contributed by atoms with Crippen LogP contribution in [0.3, 0.4) is 0 Å². The predicted molar refractivity (Wildman–Crippen MR) is 76.4 cm³/mol. The number of nitrogens with zero attached hydrogens (tertiary/aromatic N) is 2. The Morgan fingerprint density at radius 1 is 1.29 bits per heavy atom. The van der Waals surface area contributed by atoms with Crippen molar-refractivity contribution in [3.8, 4) is 0 Å². The van der Waals surface area contributed by atoms with Gasteiger partial charge in [-0.05, 0) is 18.2 Å². The molecule has 2 aromatic rings. The standard InChI is InChI=1S/C10H11N5O4S2/c1-15-10(13-8(16)9(17)14-15)20-6-2-5(11)3-7(4-6)21(12,18)19/h2-4H,11H2,1H3,(H,14,17)(H2,12,18,19). The van der Waals surface area contributed by atoms with Crippen LogP contribution >= 0.6 is 11.8 Å². The van der Waals surface area contributed by atoms with Crippen LogP contribution in [0.15, 0.2) is 42.7 Å². The number of nitrogens with one attached hydrogen (secondary N) is 1. The first-order valence-electron chi connectivity index (χ1n) is 5.45. The van der Waals surface area contributed by atoms with Gasteiger partial charge in [-0.15, -0.1) is 0 Å². The van der Waals surface area contributed by atoms with Gasteiger partial charge in [-0.25, -0.2) is 13.6 Å². The van der Waals surface area contributed by atoms with E-state index in [-0.39, 0.29) is 15.7 Å². The van der Waals surface area contributed by atoms with Crippen LogP contribution in [-0.2, 0) is 17.1 Å². The molecule has 2 rings (SSSR count). The number of hydrogen-bond acceptors (Lipinski definition) is 7. The SMILES string of the molecule is Cn1[nH]c(=O)c(=O)nc1Sc1cc(N)cc(S(N)(=O)=O)c1. The fourth-order valence-corrected chi connectivity index (χ4v) is 3.04. The van der Waals surface area contributed by atoms with Gasteiger partial charge in [0.15, 0.2) is 5.16 Å². The number of rotatable bonds is 3. The Labute approximate surface area is 123 Å². The summed E-state index contributed by atoms with van der Waals surface area (Å²) in [6.07, 6.45) is 0. The molecule has 1 aromatic heterocycles. The van der Waals surface area contributed by atoms with Gasteiger partial charge in [0.25, 0.3) is 0 Å². The van der Waals surface area contributed by atoms with Gasteiger partial charge in [0.05, 0.1) is 4.90 Å². The van der Waals surface area contributed by atoms with Crippen molar-refractivity contribution < 1.29 is 8.42 Å². The number of aromatic amines is 1. The van der Waals surface area contributed by atoms with Gasteiger partial charge < -0.3 is 5.73 Å². The van der Waals surface area contributed by atoms with E-state index >= 15 is 0 Å². The van der Waals surface area contributed by atoms with Crippen LogP contribution in [-0.4, -0.2) is 23.2 Å². The number of nitrogen functional groups attached to an aromatic ring is 1. The van der Waals surface area contributed by atoms with Gasteiger partial charge in [-0.1, -0.05) is 11.8 Å². The molecule has 0 atom stereocenters. The van der Waals surface area contributed by atoms with Crippen molar-refractivity contribution in [2.45, 2.75) is 14.9 Å². The molecule has 11 heteroatoms. The second kappa shape index (κ2) is 5.35. The number of primary sulfonamides is 1. The lowest BCUT2D eigenvalue weighted by Crippen LogP contribution is -2.33. The van der Waals surface area contributed by atoms with Crippen LogP contribution in [0, 0.1) is 0 Å². The monoisotopic (exact) mass is 329 g/mol. The molecule has 0 aliphatic rings. The first-order chi connectivity index (χ1) is 9.66. The molecule has 0 aliphatic carbocycles. The van der Waals surface area contributed by atoms with Crippen LogP contribution in [0.1, 0.15) is 0 Å². The van der Waals surface area contributed by atoms with Crippen molar-refractivity contribution in [1.82, 2.24) is 14.8 Å². The number of anilines is 1. The lowest BCUT2D eigenvalue weighted by atomic mass is 10.3. The summed E-state index contributed by atoms with van der Waals surface area (Å²) in [6, 6.07) is 4.02. The Hall–Kier alpha value is -2.11. The van der Waals surface area contributed by atoms with E-state index in [2.05, 4.69) is 10.1 Å². The van der Waals surface area contributed by atoms with Crippen LogP contribution in [0.2, 0.25) is 0 Å². The molecule has 0 bridgehead atoms. The summed E-state index contributed by atoms with van der Waals surface area (Å²) in [5.74, 6) is 0. The molecule has 9 nitrogen and oxygen atoms in total. The number of sulfonamides is 1. The molecule has 0 amide bonds. The molecular weight excluding hydrogens is 318 g/mol. The van der Waals surface area contributed by atoms with Crippen LogP contribution in [0.25, 0.3) is 0 Å². The zero-order chi connectivity index (χ0) is 15.8. The molecule has 0 fully saturated rings. The van der Waals surface area contributed by atoms with E-state index in [1.54, 1.807) is 0 Å². The summed E-state index contributed by atoms with van der Waals surface area (Å²) in [5, 5.41) is 7.50. The number of nitrogens with two attached hydrogens (primary N) is 2. The lowest BCUT2D eigenvalue weighted by Gasteiger charge is -2.08. The highest BCUT2D eigenvalue weighted by Gasteiger charge is 2.12. The summed E-state index contributed by atoms with van der Waals surface area (Å²) in [6.45, 7) is 0. The van der Waals surface area contributed by atoms with E-state index in [1.165, 1.54) is 29.9 Å². The van der Waals surface area contributed by atoms with Crippen molar-refractivity contribution in [3.05, 3.63) is 38.9 Å².